The van der Waals surface area contributed by atoms with Crippen LogP contribution in [0.2, 0.25) is 0 Å². The number of aromatic nitrogens is 2. The molecule has 1 aliphatic rings. The first-order chi connectivity index (χ1) is 19.7. The molecule has 1 aliphatic carbocycles. The van der Waals surface area contributed by atoms with E-state index >= 15 is 0 Å². The maximum absolute atomic E-state index is 12.4. The molecular formula is C32H41N5O4. The fraction of sp³-hybridized carbons (Fsp3) is 0.438. The van der Waals surface area contributed by atoms with E-state index < -0.39 is 11.6 Å². The van der Waals surface area contributed by atoms with Crippen molar-refractivity contribution in [3.8, 4) is 16.9 Å². The second kappa shape index (κ2) is 14.1. The van der Waals surface area contributed by atoms with Crippen molar-refractivity contribution in [1.29, 1.82) is 0 Å². The SMILES string of the molecule is CCCN(CCOc1ccc(Nc2ncc(-c3ccc(C(=O)NCC(=O)OC(C)(C)C)cc3)cn2)cc1)CC1CC1. The lowest BCUT2D eigenvalue weighted by atomic mass is 10.1. The van der Waals surface area contributed by atoms with Crippen LogP contribution < -0.4 is 15.4 Å². The predicted octanol–water partition coefficient (Wildman–Crippen LogP) is 5.46. The Morgan fingerprint density at radius 2 is 1.63 bits per heavy atom. The van der Waals surface area contributed by atoms with E-state index in [1.54, 1.807) is 45.3 Å². The molecule has 4 rings (SSSR count). The molecule has 0 atom stereocenters. The fourth-order valence-electron chi connectivity index (χ4n) is 4.32. The van der Waals surface area contributed by atoms with Gasteiger partial charge in [0.2, 0.25) is 5.95 Å². The topological polar surface area (TPSA) is 106 Å². The van der Waals surface area contributed by atoms with Gasteiger partial charge in [0.25, 0.3) is 5.91 Å². The average Bonchev–Trinajstić information content (AvgIpc) is 3.76. The van der Waals surface area contributed by atoms with E-state index in [9.17, 15) is 9.59 Å². The molecule has 2 aromatic carbocycles. The Bertz CT molecular complexity index is 1270. The quantitative estimate of drug-likeness (QED) is 0.251. The van der Waals surface area contributed by atoms with Crippen molar-refractivity contribution in [2.24, 2.45) is 5.92 Å². The van der Waals surface area contributed by atoms with Crippen molar-refractivity contribution in [2.45, 2.75) is 52.6 Å². The van der Waals surface area contributed by atoms with Crippen LogP contribution in [0.4, 0.5) is 11.6 Å². The third kappa shape index (κ3) is 10.2. The van der Waals surface area contributed by atoms with Crippen LogP contribution in [0, 0.1) is 5.92 Å². The maximum atomic E-state index is 12.4. The Morgan fingerprint density at radius 1 is 0.951 bits per heavy atom. The van der Waals surface area contributed by atoms with Crippen LogP contribution in [-0.2, 0) is 9.53 Å². The summed E-state index contributed by atoms with van der Waals surface area (Å²) in [5.41, 5.74) is 2.41. The van der Waals surface area contributed by atoms with Gasteiger partial charge in [-0.15, -0.1) is 0 Å². The number of hydrogen-bond donors (Lipinski definition) is 2. The van der Waals surface area contributed by atoms with Crippen molar-refractivity contribution in [2.75, 3.05) is 38.1 Å². The molecule has 0 radical (unpaired) electrons. The Hall–Kier alpha value is -3.98. The normalized spacial score (nSPS) is 13.1. The summed E-state index contributed by atoms with van der Waals surface area (Å²) < 4.78 is 11.2. The number of rotatable bonds is 14. The van der Waals surface area contributed by atoms with Crippen LogP contribution in [0.15, 0.2) is 60.9 Å². The van der Waals surface area contributed by atoms with E-state index in [-0.39, 0.29) is 12.5 Å². The third-order valence-electron chi connectivity index (χ3n) is 6.49. The zero-order valence-electron chi connectivity index (χ0n) is 24.5. The number of benzene rings is 2. The Labute approximate surface area is 242 Å². The largest absolute Gasteiger partial charge is 0.492 e. The smallest absolute Gasteiger partial charge is 0.325 e. The van der Waals surface area contributed by atoms with E-state index in [0.29, 0.717) is 18.1 Å². The summed E-state index contributed by atoms with van der Waals surface area (Å²) in [6, 6.07) is 14.8. The molecule has 9 heteroatoms. The molecule has 0 spiro atoms. The number of carbonyl (C=O) groups excluding carboxylic acids is 2. The number of nitrogens with one attached hydrogen (secondary N) is 2. The summed E-state index contributed by atoms with van der Waals surface area (Å²) in [7, 11) is 0. The van der Waals surface area contributed by atoms with Gasteiger partial charge in [-0.2, -0.15) is 0 Å². The van der Waals surface area contributed by atoms with Gasteiger partial charge in [0.15, 0.2) is 0 Å². The molecule has 3 aromatic rings. The molecule has 218 valence electrons. The number of ether oxygens (including phenoxy) is 2. The lowest BCUT2D eigenvalue weighted by Gasteiger charge is -2.21. The molecule has 1 heterocycles. The molecule has 0 aliphatic heterocycles. The van der Waals surface area contributed by atoms with Crippen molar-refractivity contribution < 1.29 is 19.1 Å². The highest BCUT2D eigenvalue weighted by atomic mass is 16.6. The summed E-state index contributed by atoms with van der Waals surface area (Å²) in [4.78, 5) is 35.6. The number of carbonyl (C=O) groups is 2. The minimum atomic E-state index is -0.596. The van der Waals surface area contributed by atoms with Crippen molar-refractivity contribution in [3.05, 3.63) is 66.5 Å². The van der Waals surface area contributed by atoms with Gasteiger partial charge in [-0.1, -0.05) is 19.1 Å². The molecule has 0 saturated heterocycles. The lowest BCUT2D eigenvalue weighted by molar-refractivity contribution is -0.153. The standard InChI is InChI=1S/C32H41N5O4/c1-5-16-37(22-23-6-7-23)17-18-40-28-14-12-27(13-15-28)36-31-34-19-26(20-35-31)24-8-10-25(11-9-24)30(39)33-21-29(38)41-32(2,3)4/h8-15,19-20,23H,5-7,16-18,21-22H2,1-4H3,(H,33,39)(H,34,35,36). The molecule has 1 amide bonds. The second-order valence-electron chi connectivity index (χ2n) is 11.4. The third-order valence-corrected chi connectivity index (χ3v) is 6.49. The van der Waals surface area contributed by atoms with Gasteiger partial charge in [0, 0.05) is 42.3 Å². The maximum Gasteiger partial charge on any atom is 0.325 e. The van der Waals surface area contributed by atoms with Crippen LogP contribution in [0.5, 0.6) is 5.75 Å². The van der Waals surface area contributed by atoms with E-state index in [2.05, 4.69) is 32.4 Å². The summed E-state index contributed by atoms with van der Waals surface area (Å²) >= 11 is 0. The monoisotopic (exact) mass is 559 g/mol. The van der Waals surface area contributed by atoms with Crippen molar-refractivity contribution in [1.82, 2.24) is 20.2 Å². The van der Waals surface area contributed by atoms with Gasteiger partial charge < -0.3 is 20.1 Å². The van der Waals surface area contributed by atoms with Gasteiger partial charge in [-0.25, -0.2) is 9.97 Å². The average molecular weight is 560 g/mol. The van der Waals surface area contributed by atoms with Crippen LogP contribution >= 0.6 is 0 Å². The highest BCUT2D eigenvalue weighted by Gasteiger charge is 2.23. The molecule has 2 N–H and O–H groups in total. The lowest BCUT2D eigenvalue weighted by Crippen LogP contribution is -2.34. The van der Waals surface area contributed by atoms with Crippen LogP contribution in [0.3, 0.4) is 0 Å². The van der Waals surface area contributed by atoms with Gasteiger partial charge >= 0.3 is 5.97 Å². The van der Waals surface area contributed by atoms with Crippen molar-refractivity contribution >= 4 is 23.5 Å². The Morgan fingerprint density at radius 3 is 2.24 bits per heavy atom. The van der Waals surface area contributed by atoms with E-state index in [1.165, 1.54) is 25.8 Å². The molecule has 0 bridgehead atoms. The first-order valence-corrected chi connectivity index (χ1v) is 14.3. The zero-order valence-corrected chi connectivity index (χ0v) is 24.5. The van der Waals surface area contributed by atoms with E-state index in [4.69, 9.17) is 9.47 Å². The van der Waals surface area contributed by atoms with E-state index in [1.807, 2.05) is 36.4 Å². The number of hydrogen-bond acceptors (Lipinski definition) is 8. The summed E-state index contributed by atoms with van der Waals surface area (Å²) in [6.07, 6.45) is 7.37. The first-order valence-electron chi connectivity index (χ1n) is 14.3. The van der Waals surface area contributed by atoms with Crippen LogP contribution in [0.1, 0.15) is 57.3 Å². The molecule has 41 heavy (non-hydrogen) atoms. The zero-order chi connectivity index (χ0) is 29.2. The fourth-order valence-corrected chi connectivity index (χ4v) is 4.32. The Balaban J connectivity index is 1.23. The minimum absolute atomic E-state index is 0.186. The summed E-state index contributed by atoms with van der Waals surface area (Å²) in [5, 5.41) is 5.80. The van der Waals surface area contributed by atoms with Gasteiger partial charge in [0.1, 0.15) is 24.5 Å². The number of anilines is 2. The summed E-state index contributed by atoms with van der Waals surface area (Å²) in [6.45, 7) is 11.3. The first kappa shape index (κ1) is 30.0. The molecule has 9 nitrogen and oxygen atoms in total. The van der Waals surface area contributed by atoms with Crippen LogP contribution in [0.25, 0.3) is 11.1 Å². The van der Waals surface area contributed by atoms with E-state index in [0.717, 1.165) is 41.6 Å². The van der Waals surface area contributed by atoms with Gasteiger partial charge in [0.05, 0.1) is 0 Å². The van der Waals surface area contributed by atoms with Crippen molar-refractivity contribution in [3.63, 3.8) is 0 Å². The second-order valence-corrected chi connectivity index (χ2v) is 11.4. The van der Waals surface area contributed by atoms with Gasteiger partial charge in [-0.3, -0.25) is 14.5 Å². The molecule has 1 aromatic heterocycles. The van der Waals surface area contributed by atoms with Gasteiger partial charge in [-0.05, 0) is 94.5 Å². The molecule has 1 saturated carbocycles. The van der Waals surface area contributed by atoms with Crippen LogP contribution in [-0.4, -0.2) is 65.1 Å². The predicted molar refractivity (Wildman–Crippen MR) is 160 cm³/mol. The number of esters is 1. The molecule has 1 fully saturated rings. The highest BCUT2D eigenvalue weighted by molar-refractivity contribution is 5.96. The molecule has 0 unspecified atom stereocenters. The number of nitrogens with zero attached hydrogens (tertiary/aromatic N) is 3. The highest BCUT2D eigenvalue weighted by Crippen LogP contribution is 2.29. The summed E-state index contributed by atoms with van der Waals surface area (Å²) in [5.74, 6) is 1.39. The Kier molecular flexibility index (Phi) is 10.3. The minimum Gasteiger partial charge on any atom is -0.492 e. The molecular weight excluding hydrogens is 518 g/mol. The number of amides is 1.